The number of ether oxygens (including phenoxy) is 1. The maximum atomic E-state index is 5.84. The molecule has 0 aromatic carbocycles. The molecule has 0 aromatic rings. The molecule has 0 fully saturated rings. The fourth-order valence-corrected chi connectivity index (χ4v) is 2.46. The predicted molar refractivity (Wildman–Crippen MR) is 65.4 cm³/mol. The number of allylic oxidation sites excluding steroid dienone is 2. The van der Waals surface area contributed by atoms with Gasteiger partial charge in [-0.25, -0.2) is 0 Å². The number of unbranched alkanes of at least 4 members (excludes halogenated alkanes) is 1. The minimum Gasteiger partial charge on any atom is -0.498 e. The number of rotatable bonds is 4. The molecule has 1 rings (SSSR count). The van der Waals surface area contributed by atoms with Gasteiger partial charge in [0.25, 0.3) is 0 Å². The van der Waals surface area contributed by atoms with Crippen molar-refractivity contribution in [2.24, 2.45) is 10.8 Å². The SMILES string of the molecule is CCCCOC1=CC(C)(C)[CH]C(C)(C)C1. The molecule has 1 heteroatoms. The molecule has 15 heavy (non-hydrogen) atoms. The van der Waals surface area contributed by atoms with Gasteiger partial charge in [0, 0.05) is 6.42 Å². The summed E-state index contributed by atoms with van der Waals surface area (Å²) in [5.41, 5.74) is 0.434. The standard InChI is InChI=1S/C14H25O/c1-6-7-8-15-12-9-13(2,3)11-14(4,5)10-12/h9,11H,6-8,10H2,1-5H3. The van der Waals surface area contributed by atoms with Gasteiger partial charge in [0.2, 0.25) is 0 Å². The normalized spacial score (nSPS) is 23.4. The van der Waals surface area contributed by atoms with E-state index in [1.165, 1.54) is 12.2 Å². The second-order valence-electron chi connectivity index (χ2n) is 5.94. The first-order valence-electron chi connectivity index (χ1n) is 6.06. The lowest BCUT2D eigenvalue weighted by Gasteiger charge is -2.38. The Bertz CT molecular complexity index is 236. The van der Waals surface area contributed by atoms with Crippen LogP contribution in [-0.4, -0.2) is 6.61 Å². The van der Waals surface area contributed by atoms with Crippen molar-refractivity contribution in [1.82, 2.24) is 0 Å². The third kappa shape index (κ3) is 4.27. The molecule has 1 nitrogen and oxygen atoms in total. The molecule has 0 atom stereocenters. The summed E-state index contributed by atoms with van der Waals surface area (Å²) in [5.74, 6) is 1.18. The van der Waals surface area contributed by atoms with E-state index < -0.39 is 0 Å². The first-order chi connectivity index (χ1) is 6.85. The average Bonchev–Trinajstić information content (AvgIpc) is 1.98. The summed E-state index contributed by atoms with van der Waals surface area (Å²) >= 11 is 0. The third-order valence-electron chi connectivity index (χ3n) is 2.71. The summed E-state index contributed by atoms with van der Waals surface area (Å²) in [5, 5.41) is 0. The van der Waals surface area contributed by atoms with E-state index in [4.69, 9.17) is 4.74 Å². The van der Waals surface area contributed by atoms with Crippen LogP contribution in [0.2, 0.25) is 0 Å². The lowest BCUT2D eigenvalue weighted by atomic mass is 9.69. The van der Waals surface area contributed by atoms with E-state index in [9.17, 15) is 0 Å². The molecular weight excluding hydrogens is 184 g/mol. The van der Waals surface area contributed by atoms with Crippen molar-refractivity contribution in [1.29, 1.82) is 0 Å². The lowest BCUT2D eigenvalue weighted by molar-refractivity contribution is 0.155. The van der Waals surface area contributed by atoms with Gasteiger partial charge >= 0.3 is 0 Å². The van der Waals surface area contributed by atoms with Crippen LogP contribution in [0.25, 0.3) is 0 Å². The zero-order valence-electron chi connectivity index (χ0n) is 10.9. The topological polar surface area (TPSA) is 9.23 Å². The number of hydrogen-bond donors (Lipinski definition) is 0. The van der Waals surface area contributed by atoms with E-state index in [0.29, 0.717) is 0 Å². The van der Waals surface area contributed by atoms with Crippen LogP contribution >= 0.6 is 0 Å². The third-order valence-corrected chi connectivity index (χ3v) is 2.71. The van der Waals surface area contributed by atoms with Crippen molar-refractivity contribution in [3.63, 3.8) is 0 Å². The Hall–Kier alpha value is -0.460. The summed E-state index contributed by atoms with van der Waals surface area (Å²) in [6.45, 7) is 12.1. The van der Waals surface area contributed by atoms with E-state index in [1.807, 2.05) is 0 Å². The van der Waals surface area contributed by atoms with Gasteiger partial charge < -0.3 is 4.74 Å². The highest BCUT2D eigenvalue weighted by Gasteiger charge is 2.34. The molecule has 0 aliphatic heterocycles. The second kappa shape index (κ2) is 4.59. The summed E-state index contributed by atoms with van der Waals surface area (Å²) in [4.78, 5) is 0. The molecule has 1 radical (unpaired) electrons. The molecule has 1 aliphatic rings. The summed E-state index contributed by atoms with van der Waals surface area (Å²) in [6, 6.07) is 0. The molecule has 0 aromatic heterocycles. The van der Waals surface area contributed by atoms with E-state index in [2.05, 4.69) is 47.1 Å². The quantitative estimate of drug-likeness (QED) is 0.626. The van der Waals surface area contributed by atoms with Gasteiger partial charge in [0.15, 0.2) is 0 Å². The first kappa shape index (κ1) is 12.6. The highest BCUT2D eigenvalue weighted by atomic mass is 16.5. The van der Waals surface area contributed by atoms with Crippen molar-refractivity contribution < 1.29 is 4.74 Å². The van der Waals surface area contributed by atoms with Crippen molar-refractivity contribution in [2.45, 2.75) is 53.9 Å². The van der Waals surface area contributed by atoms with Crippen molar-refractivity contribution in [3.05, 3.63) is 18.3 Å². The van der Waals surface area contributed by atoms with E-state index in [1.54, 1.807) is 0 Å². The number of hydrogen-bond acceptors (Lipinski definition) is 1. The first-order valence-corrected chi connectivity index (χ1v) is 6.06. The Morgan fingerprint density at radius 3 is 2.47 bits per heavy atom. The van der Waals surface area contributed by atoms with Crippen LogP contribution in [0, 0.1) is 17.3 Å². The van der Waals surface area contributed by atoms with E-state index in [0.717, 1.165) is 19.4 Å². The van der Waals surface area contributed by atoms with Gasteiger partial charge in [-0.3, -0.25) is 0 Å². The lowest BCUT2D eigenvalue weighted by Crippen LogP contribution is -2.28. The fraction of sp³-hybridized carbons (Fsp3) is 0.786. The summed E-state index contributed by atoms with van der Waals surface area (Å²) in [7, 11) is 0. The minimum atomic E-state index is 0.170. The average molecular weight is 209 g/mol. The second-order valence-corrected chi connectivity index (χ2v) is 5.94. The Morgan fingerprint density at radius 2 is 1.93 bits per heavy atom. The maximum Gasteiger partial charge on any atom is 0.0930 e. The van der Waals surface area contributed by atoms with E-state index in [-0.39, 0.29) is 10.8 Å². The predicted octanol–water partition coefficient (Wildman–Crippen LogP) is 4.35. The van der Waals surface area contributed by atoms with Gasteiger partial charge in [-0.05, 0) is 29.7 Å². The molecule has 0 saturated carbocycles. The van der Waals surface area contributed by atoms with Crippen LogP contribution < -0.4 is 0 Å². The van der Waals surface area contributed by atoms with Gasteiger partial charge in [-0.15, -0.1) is 0 Å². The Balaban J connectivity index is 2.59. The zero-order valence-corrected chi connectivity index (χ0v) is 10.9. The Morgan fingerprint density at radius 1 is 1.27 bits per heavy atom. The Kier molecular flexibility index (Phi) is 3.86. The molecule has 0 unspecified atom stereocenters. The van der Waals surface area contributed by atoms with Crippen LogP contribution in [-0.2, 0) is 4.74 Å². The molecular formula is C14H25O. The van der Waals surface area contributed by atoms with Crippen LogP contribution in [0.1, 0.15) is 53.9 Å². The highest BCUT2D eigenvalue weighted by molar-refractivity contribution is 5.18. The van der Waals surface area contributed by atoms with Gasteiger partial charge in [0.05, 0.1) is 12.4 Å². The van der Waals surface area contributed by atoms with Crippen molar-refractivity contribution in [3.8, 4) is 0 Å². The van der Waals surface area contributed by atoms with Crippen LogP contribution in [0.5, 0.6) is 0 Å². The summed E-state index contributed by atoms with van der Waals surface area (Å²) in [6.07, 6.45) is 8.09. The van der Waals surface area contributed by atoms with Crippen LogP contribution in [0.3, 0.4) is 0 Å². The van der Waals surface area contributed by atoms with Crippen LogP contribution in [0.4, 0.5) is 0 Å². The molecule has 1 aliphatic carbocycles. The molecule has 0 spiro atoms. The molecule has 0 bridgehead atoms. The van der Waals surface area contributed by atoms with Gasteiger partial charge in [0.1, 0.15) is 0 Å². The largest absolute Gasteiger partial charge is 0.498 e. The Labute approximate surface area is 94.9 Å². The van der Waals surface area contributed by atoms with Crippen molar-refractivity contribution >= 4 is 0 Å². The molecule has 87 valence electrons. The van der Waals surface area contributed by atoms with Gasteiger partial charge in [-0.1, -0.05) is 41.0 Å². The molecule has 0 heterocycles. The molecule has 0 amide bonds. The monoisotopic (exact) mass is 209 g/mol. The smallest absolute Gasteiger partial charge is 0.0930 e. The minimum absolute atomic E-state index is 0.170. The maximum absolute atomic E-state index is 5.84. The molecule has 0 N–H and O–H groups in total. The molecule has 0 saturated heterocycles. The van der Waals surface area contributed by atoms with E-state index >= 15 is 0 Å². The fourth-order valence-electron chi connectivity index (χ4n) is 2.46. The van der Waals surface area contributed by atoms with Crippen LogP contribution in [0.15, 0.2) is 11.8 Å². The van der Waals surface area contributed by atoms with Crippen molar-refractivity contribution in [2.75, 3.05) is 6.61 Å². The highest BCUT2D eigenvalue weighted by Crippen LogP contribution is 2.43. The van der Waals surface area contributed by atoms with Gasteiger partial charge in [-0.2, -0.15) is 0 Å². The zero-order chi connectivity index (χ0) is 11.5. The summed E-state index contributed by atoms with van der Waals surface area (Å²) < 4.78 is 5.84.